The standard InChI is InChI=1S/C22H27NO6/c1-6-27-19(24)17-14(4)22(20(25)28-7-2,21(26)29-8-3)23-15(5)18(17)16-12-10-9-11-13-16/h9-13,23H,6-8H2,1-5H3. The van der Waals surface area contributed by atoms with Gasteiger partial charge in [0.15, 0.2) is 0 Å². The van der Waals surface area contributed by atoms with E-state index >= 15 is 0 Å². The lowest BCUT2D eigenvalue weighted by atomic mass is 9.78. The molecule has 0 radical (unpaired) electrons. The lowest BCUT2D eigenvalue weighted by Gasteiger charge is -2.38. The number of allylic oxidation sites excluding steroid dienone is 1. The number of hydrogen-bond donors (Lipinski definition) is 1. The highest BCUT2D eigenvalue weighted by Crippen LogP contribution is 2.39. The van der Waals surface area contributed by atoms with E-state index < -0.39 is 23.4 Å². The summed E-state index contributed by atoms with van der Waals surface area (Å²) in [7, 11) is 0. The third-order valence-corrected chi connectivity index (χ3v) is 4.64. The fourth-order valence-corrected chi connectivity index (χ4v) is 3.39. The highest BCUT2D eigenvalue weighted by Gasteiger charge is 2.55. The van der Waals surface area contributed by atoms with E-state index in [1.54, 1.807) is 34.6 Å². The Morgan fingerprint density at radius 3 is 1.86 bits per heavy atom. The molecule has 156 valence electrons. The fourth-order valence-electron chi connectivity index (χ4n) is 3.39. The number of carbonyl (C=O) groups excluding carboxylic acids is 3. The molecule has 0 unspecified atom stereocenters. The monoisotopic (exact) mass is 401 g/mol. The molecule has 0 aliphatic carbocycles. The second kappa shape index (κ2) is 9.41. The Bertz CT molecular complexity index is 835. The minimum absolute atomic E-state index is 0.0675. The Morgan fingerprint density at radius 2 is 1.38 bits per heavy atom. The summed E-state index contributed by atoms with van der Waals surface area (Å²) >= 11 is 0. The van der Waals surface area contributed by atoms with Gasteiger partial charge in [-0.3, -0.25) is 0 Å². The van der Waals surface area contributed by atoms with Crippen molar-refractivity contribution < 1.29 is 28.6 Å². The third-order valence-electron chi connectivity index (χ3n) is 4.64. The Labute approximate surface area is 170 Å². The number of carbonyl (C=O) groups is 3. The van der Waals surface area contributed by atoms with Crippen molar-refractivity contribution in [2.45, 2.75) is 40.2 Å². The van der Waals surface area contributed by atoms with Crippen LogP contribution in [-0.4, -0.2) is 43.3 Å². The van der Waals surface area contributed by atoms with Crippen LogP contribution in [0.25, 0.3) is 5.57 Å². The third kappa shape index (κ3) is 4.04. The van der Waals surface area contributed by atoms with Gasteiger partial charge in [-0.05, 0) is 45.8 Å². The van der Waals surface area contributed by atoms with Crippen LogP contribution in [-0.2, 0) is 28.6 Å². The van der Waals surface area contributed by atoms with Gasteiger partial charge in [0.1, 0.15) is 0 Å². The molecule has 1 aromatic carbocycles. The summed E-state index contributed by atoms with van der Waals surface area (Å²) in [6.45, 7) is 8.50. The molecule has 2 rings (SSSR count). The van der Waals surface area contributed by atoms with Crippen molar-refractivity contribution in [1.82, 2.24) is 5.32 Å². The highest BCUT2D eigenvalue weighted by atomic mass is 16.6. The molecule has 0 saturated heterocycles. The zero-order chi connectivity index (χ0) is 21.6. The number of esters is 3. The van der Waals surface area contributed by atoms with Gasteiger partial charge in [0.05, 0.1) is 25.4 Å². The van der Waals surface area contributed by atoms with E-state index in [1.165, 1.54) is 0 Å². The van der Waals surface area contributed by atoms with E-state index in [1.807, 2.05) is 30.3 Å². The Kier molecular flexibility index (Phi) is 7.20. The maximum absolute atomic E-state index is 13.0. The van der Waals surface area contributed by atoms with E-state index in [4.69, 9.17) is 14.2 Å². The topological polar surface area (TPSA) is 90.9 Å². The van der Waals surface area contributed by atoms with Gasteiger partial charge in [-0.25, -0.2) is 14.4 Å². The molecule has 7 heteroatoms. The van der Waals surface area contributed by atoms with Crippen LogP contribution >= 0.6 is 0 Å². The van der Waals surface area contributed by atoms with Gasteiger partial charge in [-0.1, -0.05) is 30.3 Å². The molecule has 29 heavy (non-hydrogen) atoms. The number of hydrogen-bond acceptors (Lipinski definition) is 7. The van der Waals surface area contributed by atoms with Crippen molar-refractivity contribution in [2.24, 2.45) is 0 Å². The lowest BCUT2D eigenvalue weighted by molar-refractivity contribution is -0.163. The van der Waals surface area contributed by atoms with Crippen molar-refractivity contribution in [3.05, 3.63) is 52.7 Å². The first-order chi connectivity index (χ1) is 13.8. The van der Waals surface area contributed by atoms with Gasteiger partial charge < -0.3 is 19.5 Å². The Hall–Kier alpha value is -3.09. The molecule has 0 amide bonds. The second-order valence-electron chi connectivity index (χ2n) is 6.40. The zero-order valence-electron chi connectivity index (χ0n) is 17.5. The molecule has 0 fully saturated rings. The minimum Gasteiger partial charge on any atom is -0.464 e. The number of dihydropyridines is 1. The van der Waals surface area contributed by atoms with Crippen LogP contribution in [0.3, 0.4) is 0 Å². The zero-order valence-corrected chi connectivity index (χ0v) is 17.5. The van der Waals surface area contributed by atoms with Crippen LogP contribution < -0.4 is 5.32 Å². The largest absolute Gasteiger partial charge is 0.464 e. The average Bonchev–Trinajstić information content (AvgIpc) is 2.70. The molecule has 1 aromatic rings. The van der Waals surface area contributed by atoms with Crippen LogP contribution in [0.2, 0.25) is 0 Å². The van der Waals surface area contributed by atoms with Gasteiger partial charge in [0.25, 0.3) is 5.54 Å². The number of ether oxygens (including phenoxy) is 3. The second-order valence-corrected chi connectivity index (χ2v) is 6.40. The van der Waals surface area contributed by atoms with Gasteiger partial charge >= 0.3 is 17.9 Å². The summed E-state index contributed by atoms with van der Waals surface area (Å²) in [6.07, 6.45) is 0. The predicted molar refractivity (Wildman–Crippen MR) is 108 cm³/mol. The summed E-state index contributed by atoms with van der Waals surface area (Å²) in [5.74, 6) is -2.28. The van der Waals surface area contributed by atoms with Gasteiger partial charge in [-0.15, -0.1) is 0 Å². The van der Waals surface area contributed by atoms with Crippen molar-refractivity contribution in [3.8, 4) is 0 Å². The van der Waals surface area contributed by atoms with Gasteiger partial charge in [0, 0.05) is 11.3 Å². The lowest BCUT2D eigenvalue weighted by Crippen LogP contribution is -2.62. The van der Waals surface area contributed by atoms with Crippen LogP contribution in [0.4, 0.5) is 0 Å². The first kappa shape index (κ1) is 22.2. The Balaban J connectivity index is 2.80. The number of nitrogens with one attached hydrogen (secondary N) is 1. The quantitative estimate of drug-likeness (QED) is 0.427. The fraction of sp³-hybridized carbons (Fsp3) is 0.409. The van der Waals surface area contributed by atoms with E-state index in [0.717, 1.165) is 5.56 Å². The smallest absolute Gasteiger partial charge is 0.348 e. The molecule has 0 aromatic heterocycles. The molecule has 1 N–H and O–H groups in total. The van der Waals surface area contributed by atoms with Crippen molar-refractivity contribution in [2.75, 3.05) is 19.8 Å². The van der Waals surface area contributed by atoms with E-state index in [0.29, 0.717) is 11.3 Å². The normalized spacial score (nSPS) is 15.5. The summed E-state index contributed by atoms with van der Waals surface area (Å²) < 4.78 is 15.6. The maximum Gasteiger partial charge on any atom is 0.348 e. The van der Waals surface area contributed by atoms with Gasteiger partial charge in [0.2, 0.25) is 0 Å². The first-order valence-electron chi connectivity index (χ1n) is 9.62. The van der Waals surface area contributed by atoms with Crippen LogP contribution in [0.15, 0.2) is 47.2 Å². The van der Waals surface area contributed by atoms with E-state index in [2.05, 4.69) is 5.32 Å². The highest BCUT2D eigenvalue weighted by molar-refractivity contribution is 6.16. The molecule has 1 aliphatic heterocycles. The van der Waals surface area contributed by atoms with Crippen molar-refractivity contribution >= 4 is 23.5 Å². The summed E-state index contributed by atoms with van der Waals surface area (Å²) in [5, 5.41) is 2.99. The SMILES string of the molecule is CCOC(=O)C1=C(C)C(C(=O)OCC)(C(=O)OCC)NC(C)=C1c1ccccc1. The molecule has 7 nitrogen and oxygen atoms in total. The van der Waals surface area contributed by atoms with Gasteiger partial charge in [-0.2, -0.15) is 0 Å². The molecule has 0 spiro atoms. The number of rotatable bonds is 7. The van der Waals surface area contributed by atoms with Crippen molar-refractivity contribution in [1.29, 1.82) is 0 Å². The average molecular weight is 401 g/mol. The minimum atomic E-state index is -1.96. The van der Waals surface area contributed by atoms with Crippen molar-refractivity contribution in [3.63, 3.8) is 0 Å². The summed E-state index contributed by atoms with van der Waals surface area (Å²) in [4.78, 5) is 38.9. The molecular formula is C22H27NO6. The predicted octanol–water partition coefficient (Wildman–Crippen LogP) is 2.77. The molecular weight excluding hydrogens is 374 g/mol. The maximum atomic E-state index is 13.0. The van der Waals surface area contributed by atoms with Crippen LogP contribution in [0.1, 0.15) is 40.2 Å². The summed E-state index contributed by atoms with van der Waals surface area (Å²) in [6, 6.07) is 9.22. The van der Waals surface area contributed by atoms with Crippen LogP contribution in [0.5, 0.6) is 0 Å². The van der Waals surface area contributed by atoms with Crippen LogP contribution in [0, 0.1) is 0 Å². The molecule has 1 aliphatic rings. The molecule has 0 atom stereocenters. The summed E-state index contributed by atoms with van der Waals surface area (Å²) in [5.41, 5.74) is 0.141. The van der Waals surface area contributed by atoms with E-state index in [-0.39, 0.29) is 31.0 Å². The molecule has 1 heterocycles. The van der Waals surface area contributed by atoms with E-state index in [9.17, 15) is 14.4 Å². The molecule has 0 saturated carbocycles. The Morgan fingerprint density at radius 1 is 0.862 bits per heavy atom. The molecule has 0 bridgehead atoms. The number of benzene rings is 1. The first-order valence-corrected chi connectivity index (χ1v) is 9.62.